The maximum Gasteiger partial charge on any atom is 0.308 e. The highest BCUT2D eigenvalue weighted by Gasteiger charge is 2.53. The SMILES string of the molecule is CC(C)(C)CCC(C1=CC=C(C(=O)NCCC(=O)OC(C)(C)C)CC1)N1C(=O)C(c2ccc(F)c(Cl)c2)=NC12CCC(C(C)(C)C)CC2. The fourth-order valence-corrected chi connectivity index (χ4v) is 7.31. The van der Waals surface area contributed by atoms with Crippen molar-refractivity contribution in [2.24, 2.45) is 21.7 Å². The fourth-order valence-electron chi connectivity index (χ4n) is 7.13. The van der Waals surface area contributed by atoms with Crippen LogP contribution in [0.1, 0.15) is 126 Å². The summed E-state index contributed by atoms with van der Waals surface area (Å²) < 4.78 is 19.5. The monoisotopic (exact) mass is 683 g/mol. The quantitative estimate of drug-likeness (QED) is 0.264. The number of allylic oxidation sites excluding steroid dienone is 2. The molecule has 2 aliphatic carbocycles. The summed E-state index contributed by atoms with van der Waals surface area (Å²) in [6, 6.07) is 4.18. The maximum absolute atomic E-state index is 14.6. The standard InChI is InChI=1S/C39H55ClFN3O4/c1-36(2,3)20-18-31(25-10-12-26(13-11-25)34(46)42-23-19-32(45)48-38(7,8)9)44-35(47)33(27-14-15-30(41)29(40)24-27)43-39(44)21-16-28(17-22-39)37(4,5)6/h10,12,14-15,24,28,31H,11,13,16-23H2,1-9H3,(H,42,46). The Morgan fingerprint density at radius 2 is 1.73 bits per heavy atom. The molecule has 0 aromatic heterocycles. The fraction of sp³-hybridized carbons (Fsp3) is 0.641. The van der Waals surface area contributed by atoms with Crippen LogP contribution in [0, 0.1) is 22.6 Å². The molecule has 1 N–H and O–H groups in total. The number of halogens is 2. The normalized spacial score (nSPS) is 22.6. The molecule has 48 heavy (non-hydrogen) atoms. The van der Waals surface area contributed by atoms with Crippen molar-refractivity contribution in [3.63, 3.8) is 0 Å². The molecule has 4 rings (SSSR count). The second-order valence-corrected chi connectivity index (χ2v) is 17.4. The highest BCUT2D eigenvalue weighted by atomic mass is 35.5. The second kappa shape index (κ2) is 14.5. The van der Waals surface area contributed by atoms with E-state index < -0.39 is 17.1 Å². The van der Waals surface area contributed by atoms with E-state index in [9.17, 15) is 18.8 Å². The predicted molar refractivity (Wildman–Crippen MR) is 190 cm³/mol. The van der Waals surface area contributed by atoms with Gasteiger partial charge < -0.3 is 15.0 Å². The van der Waals surface area contributed by atoms with E-state index in [1.807, 2.05) is 37.8 Å². The molecule has 264 valence electrons. The van der Waals surface area contributed by atoms with E-state index in [0.717, 1.165) is 44.1 Å². The third-order valence-electron chi connectivity index (χ3n) is 9.81. The van der Waals surface area contributed by atoms with E-state index in [-0.39, 0.29) is 52.6 Å². The van der Waals surface area contributed by atoms with Crippen molar-refractivity contribution in [2.75, 3.05) is 6.54 Å². The summed E-state index contributed by atoms with van der Waals surface area (Å²) in [6.45, 7) is 19.1. The molecule has 1 fully saturated rings. The minimum atomic E-state index is -0.707. The first-order chi connectivity index (χ1) is 22.2. The Morgan fingerprint density at radius 3 is 2.27 bits per heavy atom. The van der Waals surface area contributed by atoms with Crippen molar-refractivity contribution in [1.82, 2.24) is 10.2 Å². The number of hydrogen-bond acceptors (Lipinski definition) is 5. The minimum absolute atomic E-state index is 0.0340. The molecule has 2 amide bonds. The van der Waals surface area contributed by atoms with Crippen LogP contribution in [-0.2, 0) is 19.1 Å². The summed E-state index contributed by atoms with van der Waals surface area (Å²) >= 11 is 6.19. The van der Waals surface area contributed by atoms with E-state index in [2.05, 4.69) is 46.9 Å². The molecule has 0 bridgehead atoms. The molecule has 7 nitrogen and oxygen atoms in total. The van der Waals surface area contributed by atoms with Gasteiger partial charge in [-0.15, -0.1) is 0 Å². The number of nitrogens with zero attached hydrogens (tertiary/aromatic N) is 2. The number of benzene rings is 1. The number of ether oxygens (including phenoxy) is 1. The lowest BCUT2D eigenvalue weighted by Crippen LogP contribution is -2.55. The first-order valence-corrected chi connectivity index (χ1v) is 17.9. The van der Waals surface area contributed by atoms with Crippen LogP contribution < -0.4 is 5.32 Å². The van der Waals surface area contributed by atoms with Gasteiger partial charge in [0.2, 0.25) is 5.91 Å². The first-order valence-electron chi connectivity index (χ1n) is 17.5. The van der Waals surface area contributed by atoms with Crippen molar-refractivity contribution in [1.29, 1.82) is 0 Å². The second-order valence-electron chi connectivity index (χ2n) is 17.0. The number of esters is 1. The number of carbonyl (C=O) groups excluding carboxylic acids is 3. The molecule has 0 saturated heterocycles. The van der Waals surface area contributed by atoms with Crippen molar-refractivity contribution in [2.45, 2.75) is 137 Å². The average Bonchev–Trinajstić information content (AvgIpc) is 3.24. The van der Waals surface area contributed by atoms with Crippen LogP contribution in [0.15, 0.2) is 46.5 Å². The Kier molecular flexibility index (Phi) is 11.4. The van der Waals surface area contributed by atoms with Gasteiger partial charge in [-0.2, -0.15) is 0 Å². The smallest absolute Gasteiger partial charge is 0.308 e. The molecule has 1 unspecified atom stereocenters. The van der Waals surface area contributed by atoms with Crippen molar-refractivity contribution in [3.05, 3.63) is 57.9 Å². The zero-order chi connectivity index (χ0) is 35.7. The van der Waals surface area contributed by atoms with Crippen LogP contribution in [-0.4, -0.2) is 52.2 Å². The van der Waals surface area contributed by atoms with Gasteiger partial charge in [0, 0.05) is 17.7 Å². The summed E-state index contributed by atoms with van der Waals surface area (Å²) in [5, 5.41) is 2.82. The van der Waals surface area contributed by atoms with E-state index in [4.69, 9.17) is 21.3 Å². The molecular formula is C39H55ClFN3O4. The lowest BCUT2D eigenvalue weighted by atomic mass is 9.69. The van der Waals surface area contributed by atoms with Gasteiger partial charge in [-0.3, -0.25) is 19.4 Å². The van der Waals surface area contributed by atoms with Crippen LogP contribution >= 0.6 is 11.6 Å². The molecular weight excluding hydrogens is 629 g/mol. The zero-order valence-electron chi connectivity index (χ0n) is 30.4. The van der Waals surface area contributed by atoms with Crippen molar-refractivity contribution < 1.29 is 23.5 Å². The van der Waals surface area contributed by atoms with E-state index in [0.29, 0.717) is 35.6 Å². The first kappa shape index (κ1) is 37.8. The Morgan fingerprint density at radius 1 is 1.06 bits per heavy atom. The highest BCUT2D eigenvalue weighted by Crippen LogP contribution is 2.49. The average molecular weight is 684 g/mol. The van der Waals surface area contributed by atoms with Crippen LogP contribution in [0.2, 0.25) is 5.02 Å². The number of aliphatic imine (C=N–C) groups is 1. The summed E-state index contributed by atoms with van der Waals surface area (Å²) in [7, 11) is 0. The van der Waals surface area contributed by atoms with Gasteiger partial charge in [0.05, 0.1) is 17.5 Å². The molecule has 1 aromatic rings. The summed E-state index contributed by atoms with van der Waals surface area (Å²) in [5.74, 6) is -0.722. The summed E-state index contributed by atoms with van der Waals surface area (Å²) in [4.78, 5) is 47.0. The summed E-state index contributed by atoms with van der Waals surface area (Å²) in [6.07, 6.45) is 10.2. The molecule has 1 atom stereocenters. The Balaban J connectivity index is 1.64. The van der Waals surface area contributed by atoms with Gasteiger partial charge in [0.1, 0.15) is 22.8 Å². The van der Waals surface area contributed by atoms with Crippen LogP contribution in [0.3, 0.4) is 0 Å². The number of carbonyl (C=O) groups is 3. The molecule has 1 aliphatic heterocycles. The Hall–Kier alpha value is -3.00. The third-order valence-corrected chi connectivity index (χ3v) is 10.1. The van der Waals surface area contributed by atoms with Crippen LogP contribution in [0.25, 0.3) is 0 Å². The van der Waals surface area contributed by atoms with Gasteiger partial charge >= 0.3 is 5.97 Å². The zero-order valence-corrected chi connectivity index (χ0v) is 31.2. The van der Waals surface area contributed by atoms with Crippen molar-refractivity contribution in [3.8, 4) is 0 Å². The number of amides is 2. The third kappa shape index (κ3) is 9.36. The van der Waals surface area contributed by atoms with Crippen LogP contribution in [0.4, 0.5) is 4.39 Å². The maximum atomic E-state index is 14.6. The van der Waals surface area contributed by atoms with E-state index in [1.165, 1.54) is 12.1 Å². The lowest BCUT2D eigenvalue weighted by Gasteiger charge is -2.48. The molecule has 3 aliphatic rings. The van der Waals surface area contributed by atoms with Gasteiger partial charge in [0.25, 0.3) is 5.91 Å². The summed E-state index contributed by atoms with van der Waals surface area (Å²) in [5.41, 5.74) is 1.52. The minimum Gasteiger partial charge on any atom is -0.460 e. The molecule has 1 aromatic carbocycles. The molecule has 9 heteroatoms. The van der Waals surface area contributed by atoms with Gasteiger partial charge in [-0.1, -0.05) is 65.3 Å². The van der Waals surface area contributed by atoms with Gasteiger partial charge in [0.15, 0.2) is 0 Å². The molecule has 1 spiro atoms. The number of hydrogen-bond donors (Lipinski definition) is 1. The Labute approximate surface area is 291 Å². The van der Waals surface area contributed by atoms with E-state index >= 15 is 0 Å². The van der Waals surface area contributed by atoms with Crippen molar-refractivity contribution >= 4 is 35.1 Å². The number of nitrogens with one attached hydrogen (secondary N) is 1. The molecule has 1 saturated carbocycles. The largest absolute Gasteiger partial charge is 0.460 e. The van der Waals surface area contributed by atoms with Gasteiger partial charge in [-0.05, 0) is 113 Å². The van der Waals surface area contributed by atoms with E-state index in [1.54, 1.807) is 6.07 Å². The van der Waals surface area contributed by atoms with Crippen LogP contribution in [0.5, 0.6) is 0 Å². The molecule has 0 radical (unpaired) electrons. The highest BCUT2D eigenvalue weighted by molar-refractivity contribution is 6.47. The molecule has 1 heterocycles. The lowest BCUT2D eigenvalue weighted by molar-refractivity contribution is -0.154. The van der Waals surface area contributed by atoms with Gasteiger partial charge in [-0.25, -0.2) is 4.39 Å². The topological polar surface area (TPSA) is 88.1 Å². The number of rotatable bonds is 9. The Bertz CT molecular complexity index is 1480. The predicted octanol–water partition coefficient (Wildman–Crippen LogP) is 8.73.